The van der Waals surface area contributed by atoms with Crippen molar-refractivity contribution in [2.75, 3.05) is 14.2 Å². The van der Waals surface area contributed by atoms with Crippen molar-refractivity contribution in [3.63, 3.8) is 0 Å². The minimum Gasteiger partial charge on any atom is -0.497 e. The molecule has 2 atom stereocenters. The van der Waals surface area contributed by atoms with E-state index in [0.717, 1.165) is 39.6 Å². The van der Waals surface area contributed by atoms with Crippen LogP contribution in [-0.4, -0.2) is 39.8 Å². The quantitative estimate of drug-likeness (QED) is 0.253. The van der Waals surface area contributed by atoms with E-state index in [0.29, 0.717) is 17.2 Å². The van der Waals surface area contributed by atoms with E-state index in [2.05, 4.69) is 51.8 Å². The third kappa shape index (κ3) is 4.63. The Morgan fingerprint density at radius 1 is 1.03 bits per heavy atom. The van der Waals surface area contributed by atoms with Gasteiger partial charge in [0.05, 0.1) is 43.2 Å². The second-order valence-corrected chi connectivity index (χ2v) is 9.66. The molecule has 0 unspecified atom stereocenters. The summed E-state index contributed by atoms with van der Waals surface area (Å²) in [5, 5.41) is 4.20. The second-order valence-electron chi connectivity index (χ2n) is 9.27. The fraction of sp³-hybridized carbons (Fsp3) is 0.233. The number of carbonyl (C=O) groups is 1. The van der Waals surface area contributed by atoms with Crippen molar-refractivity contribution in [2.45, 2.75) is 32.5 Å². The number of esters is 1. The predicted octanol–water partition coefficient (Wildman–Crippen LogP) is 5.46. The van der Waals surface area contributed by atoms with E-state index in [1.807, 2.05) is 48.5 Å². The molecular weight excluding hydrogens is 496 g/mol. The summed E-state index contributed by atoms with van der Waals surface area (Å²) < 4.78 is 12.5. The van der Waals surface area contributed by atoms with Crippen molar-refractivity contribution in [1.29, 1.82) is 0 Å². The number of methoxy groups -OCH3 is 2. The summed E-state index contributed by atoms with van der Waals surface area (Å²) in [5.41, 5.74) is 6.47. The fourth-order valence-corrected chi connectivity index (χ4v) is 5.56. The van der Waals surface area contributed by atoms with Crippen LogP contribution in [0, 0.1) is 13.8 Å². The van der Waals surface area contributed by atoms with Gasteiger partial charge in [-0.05, 0) is 79.7 Å². The smallest absolute Gasteiger partial charge is 0.339 e. The molecule has 0 saturated carbocycles. The molecular formula is C30H30N4O3S. The molecule has 4 aromatic rings. The third-order valence-electron chi connectivity index (χ3n) is 7.05. The minimum atomic E-state index is -0.370. The molecule has 0 aliphatic carbocycles. The molecule has 5 rings (SSSR count). The molecule has 1 aliphatic heterocycles. The first kappa shape index (κ1) is 25.5. The second kappa shape index (κ2) is 10.7. The van der Waals surface area contributed by atoms with Gasteiger partial charge in [0.15, 0.2) is 5.11 Å². The SMILES string of the molecule is COC(=O)c1ccccc1-n1c(C)cc([C@@H]2[C@H](c3ccccn3)NC(=S)N2Cc2ccc(OC)cc2)c1C. The van der Waals surface area contributed by atoms with Gasteiger partial charge < -0.3 is 24.3 Å². The molecule has 1 fully saturated rings. The highest BCUT2D eigenvalue weighted by Gasteiger charge is 2.41. The Kier molecular flexibility index (Phi) is 7.15. The lowest BCUT2D eigenvalue weighted by Crippen LogP contribution is -2.29. The van der Waals surface area contributed by atoms with E-state index in [1.54, 1.807) is 19.4 Å². The molecule has 1 aliphatic rings. The maximum absolute atomic E-state index is 12.6. The Morgan fingerprint density at radius 3 is 2.45 bits per heavy atom. The average Bonchev–Trinajstić information content (AvgIpc) is 3.43. The van der Waals surface area contributed by atoms with Crippen LogP contribution >= 0.6 is 12.2 Å². The van der Waals surface area contributed by atoms with Crippen LogP contribution in [0.25, 0.3) is 5.69 Å². The Hall–Kier alpha value is -4.17. The number of hydrogen-bond acceptors (Lipinski definition) is 5. The fourth-order valence-electron chi connectivity index (χ4n) is 5.25. The number of nitrogens with zero attached hydrogens (tertiary/aromatic N) is 3. The minimum absolute atomic E-state index is 0.121. The van der Waals surface area contributed by atoms with Gasteiger partial charge in [0.1, 0.15) is 5.75 Å². The molecule has 1 N–H and O–H groups in total. The Bertz CT molecular complexity index is 1470. The van der Waals surface area contributed by atoms with E-state index < -0.39 is 0 Å². The van der Waals surface area contributed by atoms with Gasteiger partial charge in [0.25, 0.3) is 0 Å². The molecule has 2 aromatic heterocycles. The Balaban J connectivity index is 1.62. The van der Waals surface area contributed by atoms with Gasteiger partial charge >= 0.3 is 5.97 Å². The number of thiocarbonyl (C=S) groups is 1. The van der Waals surface area contributed by atoms with Gasteiger partial charge in [-0.3, -0.25) is 4.98 Å². The zero-order valence-corrected chi connectivity index (χ0v) is 22.7. The summed E-state index contributed by atoms with van der Waals surface area (Å²) in [4.78, 5) is 19.5. The standard InChI is InChI=1S/C30H30N4O3S/c1-19-17-24(20(2)34(19)26-11-6-5-9-23(26)29(35)37-4)28-27(25-10-7-8-16-31-25)32-30(38)33(28)18-21-12-14-22(36-3)15-13-21/h5-17,27-28H,18H2,1-4H3,(H,32,38)/t27-,28+/m0/s1. The van der Waals surface area contributed by atoms with Crippen LogP contribution in [0.5, 0.6) is 5.75 Å². The number of ether oxygens (including phenoxy) is 2. The number of benzene rings is 2. The van der Waals surface area contributed by atoms with Gasteiger partial charge in [-0.25, -0.2) is 4.79 Å². The number of carbonyl (C=O) groups excluding carboxylic acids is 1. The van der Waals surface area contributed by atoms with Gasteiger partial charge in [-0.2, -0.15) is 0 Å². The number of nitrogens with one attached hydrogen (secondary N) is 1. The maximum atomic E-state index is 12.6. The third-order valence-corrected chi connectivity index (χ3v) is 7.40. The van der Waals surface area contributed by atoms with Crippen molar-refractivity contribution in [2.24, 2.45) is 0 Å². The molecule has 0 radical (unpaired) electrons. The van der Waals surface area contributed by atoms with Crippen molar-refractivity contribution in [3.05, 3.63) is 113 Å². The van der Waals surface area contributed by atoms with Crippen LogP contribution in [0.2, 0.25) is 0 Å². The molecule has 0 bridgehead atoms. The number of para-hydroxylation sites is 1. The summed E-state index contributed by atoms with van der Waals surface area (Å²) in [6.07, 6.45) is 1.80. The normalized spacial score (nSPS) is 16.8. The number of aryl methyl sites for hydroxylation is 1. The summed E-state index contributed by atoms with van der Waals surface area (Å²) in [6, 6.07) is 23.4. The molecule has 2 aromatic carbocycles. The monoisotopic (exact) mass is 526 g/mol. The largest absolute Gasteiger partial charge is 0.497 e. The zero-order valence-electron chi connectivity index (χ0n) is 21.8. The van der Waals surface area contributed by atoms with E-state index >= 15 is 0 Å². The van der Waals surface area contributed by atoms with E-state index in [4.69, 9.17) is 21.7 Å². The highest BCUT2D eigenvalue weighted by atomic mass is 32.1. The van der Waals surface area contributed by atoms with Crippen molar-refractivity contribution in [3.8, 4) is 11.4 Å². The van der Waals surface area contributed by atoms with Crippen LogP contribution in [0.3, 0.4) is 0 Å². The number of pyridine rings is 1. The lowest BCUT2D eigenvalue weighted by molar-refractivity contribution is 0.0600. The van der Waals surface area contributed by atoms with Gasteiger partial charge in [0, 0.05) is 24.1 Å². The van der Waals surface area contributed by atoms with Crippen molar-refractivity contribution < 1.29 is 14.3 Å². The molecule has 194 valence electrons. The van der Waals surface area contributed by atoms with E-state index in [1.165, 1.54) is 7.11 Å². The van der Waals surface area contributed by atoms with Crippen LogP contribution in [0.1, 0.15) is 50.7 Å². The topological polar surface area (TPSA) is 68.6 Å². The number of aromatic nitrogens is 2. The van der Waals surface area contributed by atoms with Gasteiger partial charge in [-0.15, -0.1) is 0 Å². The predicted molar refractivity (Wildman–Crippen MR) is 151 cm³/mol. The number of rotatable bonds is 7. The van der Waals surface area contributed by atoms with Crippen LogP contribution in [0.15, 0.2) is 79.0 Å². The lowest BCUT2D eigenvalue weighted by atomic mass is 9.96. The van der Waals surface area contributed by atoms with Crippen molar-refractivity contribution in [1.82, 2.24) is 19.8 Å². The highest BCUT2D eigenvalue weighted by Crippen LogP contribution is 2.42. The first-order valence-electron chi connectivity index (χ1n) is 12.4. The Morgan fingerprint density at radius 2 is 1.76 bits per heavy atom. The van der Waals surface area contributed by atoms with Crippen LogP contribution in [-0.2, 0) is 11.3 Å². The molecule has 1 saturated heterocycles. The average molecular weight is 527 g/mol. The van der Waals surface area contributed by atoms with Gasteiger partial charge in [-0.1, -0.05) is 30.3 Å². The maximum Gasteiger partial charge on any atom is 0.339 e. The molecule has 38 heavy (non-hydrogen) atoms. The van der Waals surface area contributed by atoms with Crippen LogP contribution < -0.4 is 10.1 Å². The van der Waals surface area contributed by atoms with Crippen molar-refractivity contribution >= 4 is 23.3 Å². The van der Waals surface area contributed by atoms with E-state index in [9.17, 15) is 4.79 Å². The van der Waals surface area contributed by atoms with Crippen LogP contribution in [0.4, 0.5) is 0 Å². The molecule has 0 spiro atoms. The summed E-state index contributed by atoms with van der Waals surface area (Å²) >= 11 is 5.88. The lowest BCUT2D eigenvalue weighted by Gasteiger charge is -2.28. The molecule has 8 heteroatoms. The summed E-state index contributed by atoms with van der Waals surface area (Å²) in [6.45, 7) is 4.75. The summed E-state index contributed by atoms with van der Waals surface area (Å²) in [5.74, 6) is 0.442. The molecule has 7 nitrogen and oxygen atoms in total. The summed E-state index contributed by atoms with van der Waals surface area (Å²) in [7, 11) is 3.07. The highest BCUT2D eigenvalue weighted by molar-refractivity contribution is 7.80. The van der Waals surface area contributed by atoms with E-state index in [-0.39, 0.29) is 18.1 Å². The zero-order chi connectivity index (χ0) is 26.8. The Labute approximate surface area is 228 Å². The number of hydrogen-bond donors (Lipinski definition) is 1. The molecule has 3 heterocycles. The first-order valence-corrected chi connectivity index (χ1v) is 12.8. The first-order chi connectivity index (χ1) is 18.4. The van der Waals surface area contributed by atoms with Gasteiger partial charge in [0.2, 0.25) is 0 Å². The molecule has 0 amide bonds.